The van der Waals surface area contributed by atoms with Crippen molar-refractivity contribution in [1.82, 2.24) is 0 Å². The van der Waals surface area contributed by atoms with E-state index in [4.69, 9.17) is 16.0 Å². The Labute approximate surface area is 123 Å². The molecule has 1 heterocycles. The molecule has 0 spiro atoms. The molecule has 0 radical (unpaired) electrons. The van der Waals surface area contributed by atoms with E-state index in [2.05, 4.69) is 15.9 Å². The SMILES string of the molecule is OC(c1cc2cc(Br)ccc2o1)c1ccccc1Cl. The lowest BCUT2D eigenvalue weighted by Gasteiger charge is -2.09. The summed E-state index contributed by atoms with van der Waals surface area (Å²) < 4.78 is 6.64. The summed E-state index contributed by atoms with van der Waals surface area (Å²) in [6.45, 7) is 0. The molecule has 0 aliphatic carbocycles. The first kappa shape index (κ1) is 12.7. The summed E-state index contributed by atoms with van der Waals surface area (Å²) in [5.74, 6) is 0.487. The Kier molecular flexibility index (Phi) is 3.35. The third-order valence-electron chi connectivity index (χ3n) is 2.97. The van der Waals surface area contributed by atoms with Crippen molar-refractivity contribution in [2.45, 2.75) is 6.10 Å². The molecular weight excluding hydrogens is 328 g/mol. The highest BCUT2D eigenvalue weighted by molar-refractivity contribution is 9.10. The quantitative estimate of drug-likeness (QED) is 0.719. The lowest BCUT2D eigenvalue weighted by Crippen LogP contribution is -1.98. The average molecular weight is 338 g/mol. The minimum atomic E-state index is -0.861. The summed E-state index contributed by atoms with van der Waals surface area (Å²) in [6, 6.07) is 14.7. The molecule has 0 saturated heterocycles. The summed E-state index contributed by atoms with van der Waals surface area (Å²) in [5, 5.41) is 11.8. The number of aliphatic hydroxyl groups excluding tert-OH is 1. The minimum absolute atomic E-state index is 0.487. The Balaban J connectivity index is 2.07. The van der Waals surface area contributed by atoms with Crippen LogP contribution in [-0.4, -0.2) is 5.11 Å². The van der Waals surface area contributed by atoms with Gasteiger partial charge in [-0.1, -0.05) is 45.7 Å². The number of furan rings is 1. The van der Waals surface area contributed by atoms with Gasteiger partial charge in [0.25, 0.3) is 0 Å². The number of hydrogen-bond donors (Lipinski definition) is 1. The molecule has 0 aliphatic rings. The van der Waals surface area contributed by atoms with Gasteiger partial charge in [-0.2, -0.15) is 0 Å². The van der Waals surface area contributed by atoms with Crippen molar-refractivity contribution < 1.29 is 9.52 Å². The molecule has 1 atom stereocenters. The fourth-order valence-electron chi connectivity index (χ4n) is 2.02. The molecule has 2 aromatic carbocycles. The van der Waals surface area contributed by atoms with Crippen molar-refractivity contribution in [3.8, 4) is 0 Å². The van der Waals surface area contributed by atoms with Crippen LogP contribution < -0.4 is 0 Å². The third kappa shape index (κ3) is 2.41. The number of benzene rings is 2. The van der Waals surface area contributed by atoms with Crippen molar-refractivity contribution in [3.05, 3.63) is 69.3 Å². The second-order valence-electron chi connectivity index (χ2n) is 4.25. The van der Waals surface area contributed by atoms with Crippen molar-refractivity contribution in [3.63, 3.8) is 0 Å². The zero-order valence-electron chi connectivity index (χ0n) is 9.81. The van der Waals surface area contributed by atoms with Crippen LogP contribution in [0, 0.1) is 0 Å². The zero-order valence-corrected chi connectivity index (χ0v) is 12.1. The average Bonchev–Trinajstić information content (AvgIpc) is 2.81. The molecule has 0 bridgehead atoms. The second kappa shape index (κ2) is 5.00. The van der Waals surface area contributed by atoms with E-state index in [-0.39, 0.29) is 0 Å². The summed E-state index contributed by atoms with van der Waals surface area (Å²) >= 11 is 9.49. The van der Waals surface area contributed by atoms with Gasteiger partial charge in [0, 0.05) is 20.4 Å². The van der Waals surface area contributed by atoms with Crippen LogP contribution in [-0.2, 0) is 0 Å². The topological polar surface area (TPSA) is 33.4 Å². The molecule has 19 heavy (non-hydrogen) atoms. The van der Waals surface area contributed by atoms with Crippen LogP contribution in [0.1, 0.15) is 17.4 Å². The molecule has 3 aromatic rings. The van der Waals surface area contributed by atoms with Crippen molar-refractivity contribution in [2.75, 3.05) is 0 Å². The highest BCUT2D eigenvalue weighted by atomic mass is 79.9. The maximum Gasteiger partial charge on any atom is 0.138 e. The number of fused-ring (bicyclic) bond motifs is 1. The Hall–Kier alpha value is -1.29. The van der Waals surface area contributed by atoms with Crippen molar-refractivity contribution >= 4 is 38.5 Å². The molecule has 0 saturated carbocycles. The highest BCUT2D eigenvalue weighted by Crippen LogP contribution is 2.32. The fourth-order valence-corrected chi connectivity index (χ4v) is 2.64. The van der Waals surface area contributed by atoms with Gasteiger partial charge in [0.1, 0.15) is 17.4 Å². The second-order valence-corrected chi connectivity index (χ2v) is 5.58. The Morgan fingerprint density at radius 1 is 1.11 bits per heavy atom. The molecule has 0 fully saturated rings. The molecule has 4 heteroatoms. The molecule has 2 nitrogen and oxygen atoms in total. The van der Waals surface area contributed by atoms with E-state index in [0.717, 1.165) is 15.4 Å². The number of aliphatic hydroxyl groups is 1. The molecule has 1 unspecified atom stereocenters. The minimum Gasteiger partial charge on any atom is -0.458 e. The summed E-state index contributed by atoms with van der Waals surface area (Å²) in [5.41, 5.74) is 1.38. The van der Waals surface area contributed by atoms with Crippen LogP contribution in [0.4, 0.5) is 0 Å². The molecule has 1 N–H and O–H groups in total. The lowest BCUT2D eigenvalue weighted by molar-refractivity contribution is 0.192. The van der Waals surface area contributed by atoms with Crippen molar-refractivity contribution in [1.29, 1.82) is 0 Å². The van der Waals surface area contributed by atoms with Gasteiger partial charge in [-0.3, -0.25) is 0 Å². The zero-order chi connectivity index (χ0) is 13.4. The highest BCUT2D eigenvalue weighted by Gasteiger charge is 2.17. The van der Waals surface area contributed by atoms with Crippen LogP contribution in [0.3, 0.4) is 0 Å². The number of hydrogen-bond acceptors (Lipinski definition) is 2. The van der Waals surface area contributed by atoms with E-state index in [1.807, 2.05) is 36.4 Å². The molecular formula is C15H10BrClO2. The Morgan fingerprint density at radius 3 is 2.68 bits per heavy atom. The standard InChI is InChI=1S/C15H10BrClO2/c16-10-5-6-13-9(7-10)8-14(19-13)15(18)11-3-1-2-4-12(11)17/h1-8,15,18H. The smallest absolute Gasteiger partial charge is 0.138 e. The predicted octanol–water partition coefficient (Wildman–Crippen LogP) is 4.93. The Bertz CT molecular complexity index is 736. The Morgan fingerprint density at radius 2 is 1.89 bits per heavy atom. The van der Waals surface area contributed by atoms with E-state index < -0.39 is 6.10 Å². The maximum atomic E-state index is 10.4. The van der Waals surface area contributed by atoms with Gasteiger partial charge in [-0.15, -0.1) is 0 Å². The van der Waals surface area contributed by atoms with E-state index in [1.165, 1.54) is 0 Å². The first-order chi connectivity index (χ1) is 9.15. The molecule has 96 valence electrons. The van der Waals surface area contributed by atoms with E-state index >= 15 is 0 Å². The van der Waals surface area contributed by atoms with Gasteiger partial charge < -0.3 is 9.52 Å². The molecule has 1 aromatic heterocycles. The normalized spacial score (nSPS) is 12.8. The first-order valence-corrected chi connectivity index (χ1v) is 6.94. The summed E-state index contributed by atoms with van der Waals surface area (Å²) in [7, 11) is 0. The lowest BCUT2D eigenvalue weighted by atomic mass is 10.1. The van der Waals surface area contributed by atoms with Crippen LogP contribution in [0.5, 0.6) is 0 Å². The van der Waals surface area contributed by atoms with Gasteiger partial charge in [-0.25, -0.2) is 0 Å². The van der Waals surface area contributed by atoms with Gasteiger partial charge in [0.05, 0.1) is 0 Å². The summed E-state index contributed by atoms with van der Waals surface area (Å²) in [6.07, 6.45) is -0.861. The maximum absolute atomic E-state index is 10.4. The molecule has 0 aliphatic heterocycles. The van der Waals surface area contributed by atoms with Crippen LogP contribution in [0.2, 0.25) is 5.02 Å². The van der Waals surface area contributed by atoms with E-state index in [9.17, 15) is 5.11 Å². The van der Waals surface area contributed by atoms with E-state index in [1.54, 1.807) is 12.1 Å². The van der Waals surface area contributed by atoms with Crippen LogP contribution in [0.15, 0.2) is 57.4 Å². The number of rotatable bonds is 2. The summed E-state index contributed by atoms with van der Waals surface area (Å²) in [4.78, 5) is 0. The van der Waals surface area contributed by atoms with E-state index in [0.29, 0.717) is 16.3 Å². The van der Waals surface area contributed by atoms with Gasteiger partial charge in [-0.05, 0) is 30.3 Å². The van der Waals surface area contributed by atoms with Gasteiger partial charge >= 0.3 is 0 Å². The molecule has 0 amide bonds. The number of halogens is 2. The first-order valence-electron chi connectivity index (χ1n) is 5.76. The fraction of sp³-hybridized carbons (Fsp3) is 0.0667. The van der Waals surface area contributed by atoms with Crippen LogP contribution >= 0.6 is 27.5 Å². The van der Waals surface area contributed by atoms with Gasteiger partial charge in [0.15, 0.2) is 0 Å². The largest absolute Gasteiger partial charge is 0.458 e. The predicted molar refractivity (Wildman–Crippen MR) is 79.4 cm³/mol. The van der Waals surface area contributed by atoms with Gasteiger partial charge in [0.2, 0.25) is 0 Å². The molecule has 3 rings (SSSR count). The van der Waals surface area contributed by atoms with Crippen molar-refractivity contribution in [2.24, 2.45) is 0 Å². The van der Waals surface area contributed by atoms with Crippen LogP contribution in [0.25, 0.3) is 11.0 Å². The third-order valence-corrected chi connectivity index (χ3v) is 3.80. The monoisotopic (exact) mass is 336 g/mol.